The van der Waals surface area contributed by atoms with E-state index in [0.29, 0.717) is 18.6 Å². The predicted octanol–water partition coefficient (Wildman–Crippen LogP) is 5.01. The molecule has 6 nitrogen and oxygen atoms in total. The van der Waals surface area contributed by atoms with Crippen LogP contribution >= 0.6 is 0 Å². The summed E-state index contributed by atoms with van der Waals surface area (Å²) in [5, 5.41) is 26.1. The number of aliphatic hydroxyl groups is 1. The second-order valence-electron chi connectivity index (χ2n) is 8.43. The highest BCUT2D eigenvalue weighted by Crippen LogP contribution is 2.48. The molecule has 0 saturated heterocycles. The minimum absolute atomic E-state index is 0.182. The molecule has 0 amide bonds. The van der Waals surface area contributed by atoms with Crippen molar-refractivity contribution in [3.8, 4) is 22.5 Å². The Bertz CT molecular complexity index is 1050. The summed E-state index contributed by atoms with van der Waals surface area (Å²) < 4.78 is 5.60. The van der Waals surface area contributed by atoms with Crippen molar-refractivity contribution in [1.82, 2.24) is 5.16 Å². The van der Waals surface area contributed by atoms with E-state index in [0.717, 1.165) is 46.5 Å². The van der Waals surface area contributed by atoms with Gasteiger partial charge in [0.2, 0.25) is 0 Å². The normalized spacial score (nSPS) is 15.5. The van der Waals surface area contributed by atoms with E-state index in [9.17, 15) is 9.90 Å². The van der Waals surface area contributed by atoms with Crippen molar-refractivity contribution in [3.05, 3.63) is 59.8 Å². The van der Waals surface area contributed by atoms with Gasteiger partial charge in [0.1, 0.15) is 11.4 Å². The van der Waals surface area contributed by atoms with Gasteiger partial charge < -0.3 is 20.1 Å². The molecule has 1 aliphatic rings. The Morgan fingerprint density at radius 1 is 1.10 bits per heavy atom. The molecular formula is C25H28N2O4. The van der Waals surface area contributed by atoms with Crippen molar-refractivity contribution >= 4 is 11.7 Å². The quantitative estimate of drug-likeness (QED) is 0.451. The average Bonchev–Trinajstić information content (AvgIpc) is 3.53. The molecule has 0 spiro atoms. The fourth-order valence-corrected chi connectivity index (χ4v) is 4.00. The summed E-state index contributed by atoms with van der Waals surface area (Å²) in [6.07, 6.45) is 3.03. The lowest BCUT2D eigenvalue weighted by Gasteiger charge is -2.15. The lowest BCUT2D eigenvalue weighted by molar-refractivity contribution is -0.140. The van der Waals surface area contributed by atoms with Gasteiger partial charge in [-0.15, -0.1) is 0 Å². The highest BCUT2D eigenvalue weighted by Gasteiger charge is 2.51. The van der Waals surface area contributed by atoms with Crippen LogP contribution in [-0.4, -0.2) is 34.0 Å². The molecule has 0 radical (unpaired) electrons. The number of aryl methyl sites for hydroxylation is 1. The molecule has 1 atom stereocenters. The maximum Gasteiger partial charge on any atom is 0.314 e. The SMILES string of the molecule is Cc1noc(-c2ccc(-c3ccc(C4(C(=O)O)CC4)cc3)cc2)c1NC(C)CCCO. The van der Waals surface area contributed by atoms with Gasteiger partial charge in [0.15, 0.2) is 5.76 Å². The second-order valence-corrected chi connectivity index (χ2v) is 8.43. The molecule has 0 bridgehead atoms. The first-order chi connectivity index (χ1) is 14.9. The summed E-state index contributed by atoms with van der Waals surface area (Å²) in [6, 6.07) is 16.1. The topological polar surface area (TPSA) is 95.6 Å². The Kier molecular flexibility index (Phi) is 5.83. The zero-order valence-electron chi connectivity index (χ0n) is 17.9. The molecule has 31 heavy (non-hydrogen) atoms. The van der Waals surface area contributed by atoms with E-state index in [4.69, 9.17) is 9.63 Å². The summed E-state index contributed by atoms with van der Waals surface area (Å²) >= 11 is 0. The number of hydrogen-bond donors (Lipinski definition) is 3. The Hall–Kier alpha value is -3.12. The van der Waals surface area contributed by atoms with Gasteiger partial charge in [-0.05, 0) is 56.2 Å². The maximum absolute atomic E-state index is 11.5. The fourth-order valence-electron chi connectivity index (χ4n) is 4.00. The second kappa shape index (κ2) is 8.55. The van der Waals surface area contributed by atoms with Crippen molar-refractivity contribution in [2.75, 3.05) is 11.9 Å². The van der Waals surface area contributed by atoms with Crippen LogP contribution < -0.4 is 5.32 Å². The molecule has 3 aromatic rings. The molecular weight excluding hydrogens is 392 g/mol. The number of carboxylic acids is 1. The molecule has 1 aromatic heterocycles. The van der Waals surface area contributed by atoms with Crippen molar-refractivity contribution < 1.29 is 19.5 Å². The number of hydrogen-bond acceptors (Lipinski definition) is 5. The van der Waals surface area contributed by atoms with Crippen molar-refractivity contribution in [2.45, 2.75) is 51.0 Å². The molecule has 3 N–H and O–H groups in total. The van der Waals surface area contributed by atoms with Gasteiger partial charge in [-0.2, -0.15) is 0 Å². The number of aliphatic carboxylic acids is 1. The van der Waals surface area contributed by atoms with Crippen LogP contribution in [0.1, 0.15) is 43.9 Å². The smallest absolute Gasteiger partial charge is 0.314 e. The molecule has 1 unspecified atom stereocenters. The molecule has 1 aliphatic carbocycles. The monoisotopic (exact) mass is 420 g/mol. The van der Waals surface area contributed by atoms with Crippen LogP contribution in [0, 0.1) is 6.92 Å². The van der Waals surface area contributed by atoms with Gasteiger partial charge in [0.25, 0.3) is 0 Å². The van der Waals surface area contributed by atoms with Crippen molar-refractivity contribution in [1.29, 1.82) is 0 Å². The number of nitrogens with one attached hydrogen (secondary N) is 1. The molecule has 2 aromatic carbocycles. The van der Waals surface area contributed by atoms with Gasteiger partial charge >= 0.3 is 5.97 Å². The number of aliphatic hydroxyl groups excluding tert-OH is 1. The van der Waals surface area contributed by atoms with Crippen LogP contribution in [0.15, 0.2) is 53.1 Å². The van der Waals surface area contributed by atoms with Gasteiger partial charge in [-0.3, -0.25) is 4.79 Å². The molecule has 162 valence electrons. The summed E-state index contributed by atoms with van der Waals surface area (Å²) in [5.41, 5.74) is 4.91. The summed E-state index contributed by atoms with van der Waals surface area (Å²) in [7, 11) is 0. The molecule has 1 heterocycles. The standard InChI is InChI=1S/C25H28N2O4/c1-16(4-3-15-28)26-22-17(2)27-31-23(22)20-7-5-18(6-8-20)19-9-11-21(12-10-19)25(13-14-25)24(29)30/h5-12,16,26,28H,3-4,13-15H2,1-2H3,(H,29,30). The van der Waals surface area contributed by atoms with Crippen LogP contribution in [0.2, 0.25) is 0 Å². The van der Waals surface area contributed by atoms with E-state index in [1.807, 2.05) is 55.5 Å². The molecule has 4 rings (SSSR count). The number of anilines is 1. The summed E-state index contributed by atoms with van der Waals surface area (Å²) in [4.78, 5) is 11.5. The predicted molar refractivity (Wildman–Crippen MR) is 120 cm³/mol. The number of carbonyl (C=O) groups is 1. The fraction of sp³-hybridized carbons (Fsp3) is 0.360. The maximum atomic E-state index is 11.5. The number of benzene rings is 2. The first-order valence-corrected chi connectivity index (χ1v) is 10.7. The highest BCUT2D eigenvalue weighted by atomic mass is 16.5. The zero-order chi connectivity index (χ0) is 22.0. The van der Waals surface area contributed by atoms with E-state index >= 15 is 0 Å². The first kappa shape index (κ1) is 21.1. The van der Waals surface area contributed by atoms with Crippen LogP contribution in [0.5, 0.6) is 0 Å². The number of nitrogens with zero attached hydrogens (tertiary/aromatic N) is 1. The van der Waals surface area contributed by atoms with E-state index in [1.54, 1.807) is 0 Å². The van der Waals surface area contributed by atoms with Gasteiger partial charge in [0.05, 0.1) is 5.41 Å². The third-order valence-corrected chi connectivity index (χ3v) is 6.13. The summed E-state index contributed by atoms with van der Waals surface area (Å²) in [5.74, 6) is -0.0329. The van der Waals surface area contributed by atoms with Crippen molar-refractivity contribution in [3.63, 3.8) is 0 Å². The molecule has 0 aliphatic heterocycles. The molecule has 1 fully saturated rings. The lowest BCUT2D eigenvalue weighted by atomic mass is 9.93. The van der Waals surface area contributed by atoms with Crippen LogP contribution in [-0.2, 0) is 10.2 Å². The Morgan fingerprint density at radius 2 is 1.68 bits per heavy atom. The number of aromatic nitrogens is 1. The van der Waals surface area contributed by atoms with Crippen molar-refractivity contribution in [2.24, 2.45) is 0 Å². The zero-order valence-corrected chi connectivity index (χ0v) is 17.9. The molecule has 1 saturated carbocycles. The van der Waals surface area contributed by atoms with Gasteiger partial charge in [0, 0.05) is 18.2 Å². The Morgan fingerprint density at radius 3 is 2.23 bits per heavy atom. The Labute approximate surface area is 181 Å². The minimum atomic E-state index is -0.734. The third kappa shape index (κ3) is 4.21. The minimum Gasteiger partial charge on any atom is -0.481 e. The van der Waals surface area contributed by atoms with E-state index in [-0.39, 0.29) is 12.6 Å². The average molecular weight is 421 g/mol. The largest absolute Gasteiger partial charge is 0.481 e. The van der Waals surface area contributed by atoms with Gasteiger partial charge in [-0.1, -0.05) is 53.7 Å². The Balaban J connectivity index is 1.52. The summed E-state index contributed by atoms with van der Waals surface area (Å²) in [6.45, 7) is 4.17. The first-order valence-electron chi connectivity index (χ1n) is 10.7. The lowest BCUT2D eigenvalue weighted by Crippen LogP contribution is -2.19. The van der Waals surface area contributed by atoms with Crippen LogP contribution in [0.3, 0.4) is 0 Å². The third-order valence-electron chi connectivity index (χ3n) is 6.13. The van der Waals surface area contributed by atoms with E-state index in [2.05, 4.69) is 17.4 Å². The highest BCUT2D eigenvalue weighted by molar-refractivity contribution is 5.85. The van der Waals surface area contributed by atoms with Gasteiger partial charge in [-0.25, -0.2) is 0 Å². The van der Waals surface area contributed by atoms with Crippen LogP contribution in [0.4, 0.5) is 5.69 Å². The number of rotatable bonds is 9. The van der Waals surface area contributed by atoms with E-state index < -0.39 is 11.4 Å². The van der Waals surface area contributed by atoms with E-state index in [1.165, 1.54) is 0 Å². The molecule has 6 heteroatoms. The van der Waals surface area contributed by atoms with Crippen LogP contribution in [0.25, 0.3) is 22.5 Å². The number of carboxylic acid groups (broad SMARTS) is 1.